The summed E-state index contributed by atoms with van der Waals surface area (Å²) in [4.78, 5) is 20.2. The highest BCUT2D eigenvalue weighted by atomic mass is 79.9. The van der Waals surface area contributed by atoms with Crippen molar-refractivity contribution in [1.82, 2.24) is 9.97 Å². The molecule has 0 aromatic carbocycles. The van der Waals surface area contributed by atoms with Gasteiger partial charge < -0.3 is 5.32 Å². The smallest absolute Gasteiger partial charge is 0.267 e. The number of nitrogens with zero attached hydrogens (tertiary/aromatic N) is 2. The number of aromatic nitrogens is 2. The van der Waals surface area contributed by atoms with Gasteiger partial charge in [0.25, 0.3) is 5.91 Å². The molecule has 0 saturated carbocycles. The SMILES string of the molecule is O=C(Nc1cnccn1)c1cc(Br)c(Br)s1. The van der Waals surface area contributed by atoms with E-state index in [9.17, 15) is 4.79 Å². The van der Waals surface area contributed by atoms with Gasteiger partial charge in [0.1, 0.15) is 0 Å². The summed E-state index contributed by atoms with van der Waals surface area (Å²) < 4.78 is 1.75. The van der Waals surface area contributed by atoms with Crippen molar-refractivity contribution in [2.45, 2.75) is 0 Å². The van der Waals surface area contributed by atoms with Crippen molar-refractivity contribution in [1.29, 1.82) is 0 Å². The monoisotopic (exact) mass is 361 g/mol. The zero-order valence-corrected chi connectivity index (χ0v) is 11.8. The minimum absolute atomic E-state index is 0.197. The van der Waals surface area contributed by atoms with E-state index in [1.807, 2.05) is 0 Å². The molecule has 82 valence electrons. The Labute approximate surface area is 112 Å². The largest absolute Gasteiger partial charge is 0.305 e. The number of hydrogen-bond acceptors (Lipinski definition) is 4. The third-order valence-electron chi connectivity index (χ3n) is 1.67. The van der Waals surface area contributed by atoms with E-state index in [4.69, 9.17) is 0 Å². The molecule has 0 bridgehead atoms. The van der Waals surface area contributed by atoms with Gasteiger partial charge in [0.05, 0.1) is 14.9 Å². The molecule has 4 nitrogen and oxygen atoms in total. The average molecular weight is 363 g/mol. The lowest BCUT2D eigenvalue weighted by Gasteiger charge is -2.00. The zero-order chi connectivity index (χ0) is 11.5. The Morgan fingerprint density at radius 1 is 1.38 bits per heavy atom. The van der Waals surface area contributed by atoms with Crippen molar-refractivity contribution in [2.75, 3.05) is 5.32 Å². The van der Waals surface area contributed by atoms with Crippen LogP contribution >= 0.6 is 43.2 Å². The topological polar surface area (TPSA) is 54.9 Å². The molecule has 0 atom stereocenters. The van der Waals surface area contributed by atoms with Gasteiger partial charge >= 0.3 is 0 Å². The third kappa shape index (κ3) is 2.66. The molecule has 0 unspecified atom stereocenters. The second-order valence-electron chi connectivity index (χ2n) is 2.78. The lowest BCUT2D eigenvalue weighted by Crippen LogP contribution is -2.11. The van der Waals surface area contributed by atoms with Gasteiger partial charge in [0.15, 0.2) is 5.82 Å². The van der Waals surface area contributed by atoms with Crippen LogP contribution in [0.1, 0.15) is 9.67 Å². The fourth-order valence-electron chi connectivity index (χ4n) is 1.00. The van der Waals surface area contributed by atoms with E-state index < -0.39 is 0 Å². The Balaban J connectivity index is 2.15. The van der Waals surface area contributed by atoms with Crippen LogP contribution in [0.25, 0.3) is 0 Å². The molecule has 2 heterocycles. The second-order valence-corrected chi connectivity index (χ2v) is 6.00. The van der Waals surface area contributed by atoms with Gasteiger partial charge in [-0.15, -0.1) is 11.3 Å². The van der Waals surface area contributed by atoms with E-state index in [0.717, 1.165) is 8.26 Å². The fourth-order valence-corrected chi connectivity index (χ4v) is 2.93. The number of nitrogens with one attached hydrogen (secondary N) is 1. The standard InChI is InChI=1S/C9H5Br2N3OS/c10-5-3-6(16-8(5)11)9(15)14-7-4-12-1-2-13-7/h1-4H,(H,13,14,15). The summed E-state index contributed by atoms with van der Waals surface area (Å²) in [5, 5.41) is 2.65. The Kier molecular flexibility index (Phi) is 3.67. The Hall–Kier alpha value is -0.790. The highest BCUT2D eigenvalue weighted by Crippen LogP contribution is 2.32. The lowest BCUT2D eigenvalue weighted by molar-refractivity contribution is 0.103. The van der Waals surface area contributed by atoms with E-state index in [1.54, 1.807) is 12.3 Å². The fraction of sp³-hybridized carbons (Fsp3) is 0. The van der Waals surface area contributed by atoms with E-state index in [1.165, 1.54) is 23.7 Å². The van der Waals surface area contributed by atoms with Crippen molar-refractivity contribution < 1.29 is 4.79 Å². The molecule has 2 aromatic rings. The number of halogens is 2. The van der Waals surface area contributed by atoms with E-state index in [0.29, 0.717) is 10.7 Å². The summed E-state index contributed by atoms with van der Waals surface area (Å²) in [6, 6.07) is 1.75. The molecule has 2 aromatic heterocycles. The third-order valence-corrected chi connectivity index (χ3v) is 4.93. The predicted octanol–water partition coefficient (Wildman–Crippen LogP) is 3.32. The van der Waals surface area contributed by atoms with Crippen molar-refractivity contribution in [3.05, 3.63) is 37.8 Å². The molecule has 0 fully saturated rings. The van der Waals surface area contributed by atoms with Crippen LogP contribution in [0.15, 0.2) is 32.9 Å². The Morgan fingerprint density at radius 2 is 2.19 bits per heavy atom. The zero-order valence-electron chi connectivity index (χ0n) is 7.78. The maximum absolute atomic E-state index is 11.8. The first-order valence-electron chi connectivity index (χ1n) is 4.19. The summed E-state index contributed by atoms with van der Waals surface area (Å²) in [6.07, 6.45) is 4.57. The first kappa shape index (κ1) is 11.7. The van der Waals surface area contributed by atoms with Crippen molar-refractivity contribution in [2.24, 2.45) is 0 Å². The molecule has 0 aliphatic carbocycles. The molecule has 0 spiro atoms. The Bertz CT molecular complexity index is 495. The van der Waals surface area contributed by atoms with E-state index >= 15 is 0 Å². The molecule has 0 aliphatic heterocycles. The van der Waals surface area contributed by atoms with Crippen molar-refractivity contribution in [3.8, 4) is 0 Å². The van der Waals surface area contributed by atoms with Gasteiger partial charge in [-0.1, -0.05) is 0 Å². The summed E-state index contributed by atoms with van der Waals surface area (Å²) in [5.41, 5.74) is 0. The van der Waals surface area contributed by atoms with Crippen LogP contribution in [0.4, 0.5) is 5.82 Å². The second kappa shape index (κ2) is 5.03. The van der Waals surface area contributed by atoms with Crippen molar-refractivity contribution >= 4 is 54.9 Å². The summed E-state index contributed by atoms with van der Waals surface area (Å²) >= 11 is 8.01. The van der Waals surface area contributed by atoms with Crippen molar-refractivity contribution in [3.63, 3.8) is 0 Å². The number of carbonyl (C=O) groups is 1. The highest BCUT2D eigenvalue weighted by molar-refractivity contribution is 9.13. The first-order valence-corrected chi connectivity index (χ1v) is 6.59. The molecular weight excluding hydrogens is 358 g/mol. The summed E-state index contributed by atoms with van der Waals surface area (Å²) in [6.45, 7) is 0. The molecular formula is C9H5Br2N3OS. The van der Waals surface area contributed by atoms with Crippen LogP contribution < -0.4 is 5.32 Å². The van der Waals surface area contributed by atoms with Crippen LogP contribution in [0, 0.1) is 0 Å². The minimum atomic E-state index is -0.197. The number of carbonyl (C=O) groups excluding carboxylic acids is 1. The molecule has 2 rings (SSSR count). The molecule has 0 saturated heterocycles. The van der Waals surface area contributed by atoms with Gasteiger partial charge in [-0.25, -0.2) is 4.98 Å². The molecule has 0 radical (unpaired) electrons. The molecule has 7 heteroatoms. The maximum atomic E-state index is 11.8. The van der Waals surface area contributed by atoms with Crippen LogP contribution in [0.5, 0.6) is 0 Å². The van der Waals surface area contributed by atoms with Gasteiger partial charge in [0.2, 0.25) is 0 Å². The summed E-state index contributed by atoms with van der Waals surface area (Å²) in [7, 11) is 0. The first-order chi connectivity index (χ1) is 7.66. The normalized spacial score (nSPS) is 10.1. The quantitative estimate of drug-likeness (QED) is 0.891. The Morgan fingerprint density at radius 3 is 2.75 bits per heavy atom. The number of anilines is 1. The van der Waals surface area contributed by atoms with Crippen LogP contribution in [-0.4, -0.2) is 15.9 Å². The van der Waals surface area contributed by atoms with Gasteiger partial charge in [-0.05, 0) is 37.9 Å². The van der Waals surface area contributed by atoms with Gasteiger partial charge in [-0.2, -0.15) is 0 Å². The predicted molar refractivity (Wildman–Crippen MR) is 69.7 cm³/mol. The minimum Gasteiger partial charge on any atom is -0.305 e. The van der Waals surface area contributed by atoms with Gasteiger partial charge in [-0.3, -0.25) is 9.78 Å². The number of hydrogen-bond donors (Lipinski definition) is 1. The number of thiophene rings is 1. The number of amides is 1. The average Bonchev–Trinajstić information content (AvgIpc) is 2.61. The molecule has 0 aliphatic rings. The molecule has 1 amide bonds. The van der Waals surface area contributed by atoms with Gasteiger partial charge in [0, 0.05) is 16.9 Å². The highest BCUT2D eigenvalue weighted by Gasteiger charge is 2.12. The van der Waals surface area contributed by atoms with Crippen LogP contribution in [-0.2, 0) is 0 Å². The molecule has 16 heavy (non-hydrogen) atoms. The van der Waals surface area contributed by atoms with Crippen LogP contribution in [0.2, 0.25) is 0 Å². The van der Waals surface area contributed by atoms with E-state index in [-0.39, 0.29) is 5.91 Å². The van der Waals surface area contributed by atoms with Crippen LogP contribution in [0.3, 0.4) is 0 Å². The maximum Gasteiger partial charge on any atom is 0.267 e. The van der Waals surface area contributed by atoms with E-state index in [2.05, 4.69) is 47.1 Å². The number of rotatable bonds is 2. The lowest BCUT2D eigenvalue weighted by atomic mass is 10.4. The molecule has 1 N–H and O–H groups in total. The summed E-state index contributed by atoms with van der Waals surface area (Å²) in [5.74, 6) is 0.241.